The summed E-state index contributed by atoms with van der Waals surface area (Å²) in [4.78, 5) is 38.2. The third-order valence-corrected chi connectivity index (χ3v) is 6.46. The van der Waals surface area contributed by atoms with Crippen LogP contribution in [0.1, 0.15) is 74.3 Å². The van der Waals surface area contributed by atoms with E-state index in [0.29, 0.717) is 28.1 Å². The van der Waals surface area contributed by atoms with Gasteiger partial charge in [-0.05, 0) is 80.3 Å². The van der Waals surface area contributed by atoms with Crippen molar-refractivity contribution in [2.75, 3.05) is 10.6 Å². The average Bonchev–Trinajstić information content (AvgIpc) is 2.87. The minimum Gasteiger partial charge on any atom is -0.349 e. The standard InChI is InChI=1S/C29H31N3O3/c1-19-13-14-23(18-26(19)32-27(33)21-9-5-3-6-10-21)29(35)31-25-16-15-22(17-20(25)2)28(34)30-24-11-7-4-8-12-24/h3,5-6,9-10,13-18,24H,4,7-8,11-12H2,1-2H3,(H,30,34)(H,31,35)(H,32,33). The van der Waals surface area contributed by atoms with Gasteiger partial charge in [0.15, 0.2) is 0 Å². The molecule has 0 unspecified atom stereocenters. The first kappa shape index (κ1) is 24.2. The Morgan fingerprint density at radius 1 is 0.629 bits per heavy atom. The maximum absolute atomic E-state index is 13.0. The number of aryl methyl sites for hydroxylation is 2. The van der Waals surface area contributed by atoms with Gasteiger partial charge < -0.3 is 16.0 Å². The molecule has 0 atom stereocenters. The van der Waals surface area contributed by atoms with Crippen LogP contribution in [0.25, 0.3) is 0 Å². The van der Waals surface area contributed by atoms with E-state index < -0.39 is 0 Å². The molecular weight excluding hydrogens is 438 g/mol. The first-order valence-electron chi connectivity index (χ1n) is 12.1. The zero-order valence-corrected chi connectivity index (χ0v) is 20.2. The van der Waals surface area contributed by atoms with Crippen molar-refractivity contribution in [1.29, 1.82) is 0 Å². The van der Waals surface area contributed by atoms with E-state index in [1.165, 1.54) is 6.42 Å². The van der Waals surface area contributed by atoms with E-state index in [-0.39, 0.29) is 23.8 Å². The molecule has 3 aromatic carbocycles. The van der Waals surface area contributed by atoms with E-state index in [2.05, 4.69) is 16.0 Å². The van der Waals surface area contributed by atoms with Gasteiger partial charge in [0, 0.05) is 34.1 Å². The van der Waals surface area contributed by atoms with Gasteiger partial charge in [0.25, 0.3) is 17.7 Å². The molecule has 0 heterocycles. The highest BCUT2D eigenvalue weighted by atomic mass is 16.2. The summed E-state index contributed by atoms with van der Waals surface area (Å²) in [5, 5.41) is 8.94. The fourth-order valence-corrected chi connectivity index (χ4v) is 4.34. The van der Waals surface area contributed by atoms with Crippen LogP contribution >= 0.6 is 0 Å². The number of carbonyl (C=O) groups excluding carboxylic acids is 3. The van der Waals surface area contributed by atoms with Gasteiger partial charge in [-0.1, -0.05) is 43.5 Å². The molecule has 3 amide bonds. The van der Waals surface area contributed by atoms with Crippen LogP contribution in [0.2, 0.25) is 0 Å². The van der Waals surface area contributed by atoms with Crippen LogP contribution in [-0.4, -0.2) is 23.8 Å². The SMILES string of the molecule is Cc1cc(C(=O)NC2CCCCC2)ccc1NC(=O)c1ccc(C)c(NC(=O)c2ccccc2)c1. The predicted octanol–water partition coefficient (Wildman–Crippen LogP) is 5.87. The Morgan fingerprint density at radius 2 is 1.26 bits per heavy atom. The highest BCUT2D eigenvalue weighted by Gasteiger charge is 2.18. The lowest BCUT2D eigenvalue weighted by Gasteiger charge is -2.23. The van der Waals surface area contributed by atoms with Crippen LogP contribution < -0.4 is 16.0 Å². The highest BCUT2D eigenvalue weighted by Crippen LogP contribution is 2.22. The highest BCUT2D eigenvalue weighted by molar-refractivity contribution is 6.08. The second-order valence-corrected chi connectivity index (χ2v) is 9.14. The number of rotatable bonds is 6. The van der Waals surface area contributed by atoms with Crippen molar-refractivity contribution < 1.29 is 14.4 Å². The van der Waals surface area contributed by atoms with Crippen LogP contribution in [0.15, 0.2) is 66.7 Å². The van der Waals surface area contributed by atoms with Crippen molar-refractivity contribution in [3.8, 4) is 0 Å². The van der Waals surface area contributed by atoms with Gasteiger partial charge in [-0.2, -0.15) is 0 Å². The van der Waals surface area contributed by atoms with Crippen molar-refractivity contribution in [2.45, 2.75) is 52.0 Å². The Kier molecular flexibility index (Phi) is 7.60. The summed E-state index contributed by atoms with van der Waals surface area (Å²) in [7, 11) is 0. The van der Waals surface area contributed by atoms with Crippen LogP contribution in [0.5, 0.6) is 0 Å². The molecule has 0 bridgehead atoms. The van der Waals surface area contributed by atoms with E-state index in [1.54, 1.807) is 60.7 Å². The second-order valence-electron chi connectivity index (χ2n) is 9.14. The lowest BCUT2D eigenvalue weighted by Crippen LogP contribution is -2.36. The molecule has 1 saturated carbocycles. The molecule has 0 aliphatic heterocycles. The third kappa shape index (κ3) is 6.15. The average molecular weight is 470 g/mol. The van der Waals surface area contributed by atoms with E-state index in [1.807, 2.05) is 19.9 Å². The summed E-state index contributed by atoms with van der Waals surface area (Å²) in [6.45, 7) is 3.75. The molecule has 0 radical (unpaired) electrons. The van der Waals surface area contributed by atoms with Gasteiger partial charge in [-0.25, -0.2) is 0 Å². The summed E-state index contributed by atoms with van der Waals surface area (Å²) in [5.41, 5.74) is 4.45. The first-order valence-corrected chi connectivity index (χ1v) is 12.1. The van der Waals surface area contributed by atoms with Crippen molar-refractivity contribution in [1.82, 2.24) is 5.32 Å². The quantitative estimate of drug-likeness (QED) is 0.422. The maximum Gasteiger partial charge on any atom is 0.255 e. The molecule has 1 aliphatic rings. The normalized spacial score (nSPS) is 13.7. The van der Waals surface area contributed by atoms with E-state index in [4.69, 9.17) is 0 Å². The first-order chi connectivity index (χ1) is 16.9. The molecule has 180 valence electrons. The maximum atomic E-state index is 13.0. The van der Waals surface area contributed by atoms with Gasteiger partial charge in [-0.3, -0.25) is 14.4 Å². The summed E-state index contributed by atoms with van der Waals surface area (Å²) in [6.07, 6.45) is 5.62. The Labute approximate surface area is 206 Å². The molecule has 0 spiro atoms. The fraction of sp³-hybridized carbons (Fsp3) is 0.276. The molecule has 3 N–H and O–H groups in total. The van der Waals surface area contributed by atoms with Crippen LogP contribution in [0, 0.1) is 13.8 Å². The molecule has 0 aromatic heterocycles. The fourth-order valence-electron chi connectivity index (χ4n) is 4.34. The molecule has 1 fully saturated rings. The van der Waals surface area contributed by atoms with Crippen LogP contribution in [0.3, 0.4) is 0 Å². The molecule has 3 aromatic rings. The molecule has 0 saturated heterocycles. The molecule has 1 aliphatic carbocycles. The number of carbonyl (C=O) groups is 3. The number of amides is 3. The van der Waals surface area contributed by atoms with Gasteiger partial charge in [0.1, 0.15) is 0 Å². The minimum atomic E-state index is -0.289. The Bertz CT molecular complexity index is 1230. The van der Waals surface area contributed by atoms with E-state index >= 15 is 0 Å². The Balaban J connectivity index is 1.43. The largest absolute Gasteiger partial charge is 0.349 e. The van der Waals surface area contributed by atoms with E-state index in [0.717, 1.165) is 36.8 Å². The Morgan fingerprint density at radius 3 is 1.97 bits per heavy atom. The zero-order valence-electron chi connectivity index (χ0n) is 20.2. The summed E-state index contributed by atoms with van der Waals surface area (Å²) in [5.74, 6) is -0.595. The van der Waals surface area contributed by atoms with Crippen molar-refractivity contribution >= 4 is 29.1 Å². The zero-order chi connectivity index (χ0) is 24.8. The number of hydrogen-bond donors (Lipinski definition) is 3. The van der Waals surface area contributed by atoms with E-state index in [9.17, 15) is 14.4 Å². The molecule has 4 rings (SSSR count). The Hall–Kier alpha value is -3.93. The number of hydrogen-bond acceptors (Lipinski definition) is 3. The summed E-state index contributed by atoms with van der Waals surface area (Å²) < 4.78 is 0. The van der Waals surface area contributed by atoms with Gasteiger partial charge >= 0.3 is 0 Å². The van der Waals surface area contributed by atoms with Crippen LogP contribution in [0.4, 0.5) is 11.4 Å². The second kappa shape index (κ2) is 11.0. The number of nitrogens with one attached hydrogen (secondary N) is 3. The molecular formula is C29H31N3O3. The molecule has 6 nitrogen and oxygen atoms in total. The third-order valence-electron chi connectivity index (χ3n) is 6.46. The monoisotopic (exact) mass is 469 g/mol. The summed E-state index contributed by atoms with van der Waals surface area (Å²) >= 11 is 0. The van der Waals surface area contributed by atoms with Crippen molar-refractivity contribution in [3.63, 3.8) is 0 Å². The smallest absolute Gasteiger partial charge is 0.255 e. The number of anilines is 2. The van der Waals surface area contributed by atoms with Gasteiger partial charge in [-0.15, -0.1) is 0 Å². The van der Waals surface area contributed by atoms with Crippen molar-refractivity contribution in [3.05, 3.63) is 94.5 Å². The van der Waals surface area contributed by atoms with Gasteiger partial charge in [0.05, 0.1) is 0 Å². The topological polar surface area (TPSA) is 87.3 Å². The number of benzene rings is 3. The lowest BCUT2D eigenvalue weighted by atomic mass is 9.95. The molecule has 35 heavy (non-hydrogen) atoms. The summed E-state index contributed by atoms with van der Waals surface area (Å²) in [6, 6.07) is 19.7. The van der Waals surface area contributed by atoms with Gasteiger partial charge in [0.2, 0.25) is 0 Å². The van der Waals surface area contributed by atoms with Crippen molar-refractivity contribution in [2.24, 2.45) is 0 Å². The lowest BCUT2D eigenvalue weighted by molar-refractivity contribution is 0.0926. The predicted molar refractivity (Wildman–Crippen MR) is 139 cm³/mol. The minimum absolute atomic E-state index is 0.0739. The molecule has 6 heteroatoms. The van der Waals surface area contributed by atoms with Crippen LogP contribution in [-0.2, 0) is 0 Å².